The maximum Gasteiger partial charge on any atom is 0.267 e. The molecule has 1 aliphatic heterocycles. The Hall–Kier alpha value is -2.89. The van der Waals surface area contributed by atoms with E-state index in [0.29, 0.717) is 28.5 Å². The van der Waals surface area contributed by atoms with Crippen LogP contribution in [-0.2, 0) is 16.1 Å². The normalized spacial score (nSPS) is 15.0. The molecule has 0 radical (unpaired) electrons. The van der Waals surface area contributed by atoms with Crippen molar-refractivity contribution in [2.75, 3.05) is 4.90 Å². The molecule has 28 heavy (non-hydrogen) atoms. The monoisotopic (exact) mass is 411 g/mol. The zero-order chi connectivity index (χ0) is 19.8. The summed E-state index contributed by atoms with van der Waals surface area (Å²) < 4.78 is 1.87. The van der Waals surface area contributed by atoms with Gasteiger partial charge in [0, 0.05) is 24.1 Å². The van der Waals surface area contributed by atoms with E-state index in [0.717, 1.165) is 10.5 Å². The zero-order valence-electron chi connectivity index (χ0n) is 14.9. The highest BCUT2D eigenvalue weighted by atomic mass is 35.5. The number of hydrogen-bond donors (Lipinski definition) is 0. The number of fused-ring (bicyclic) bond motifs is 1. The Morgan fingerprint density at radius 3 is 2.61 bits per heavy atom. The second-order valence-corrected chi connectivity index (χ2v) is 7.22. The summed E-state index contributed by atoms with van der Waals surface area (Å²) in [6, 6.07) is 14.8. The second kappa shape index (κ2) is 7.26. The summed E-state index contributed by atoms with van der Waals surface area (Å²) in [6.07, 6.45) is 3.27. The zero-order valence-corrected chi connectivity index (χ0v) is 16.4. The van der Waals surface area contributed by atoms with Gasteiger partial charge in [0.2, 0.25) is 5.91 Å². The SMILES string of the molecule is CC(=O)N1C(=O)/C(=C(/Cl)c2cncn2Cc2ccccc2)c2ccc(Cl)cc21. The summed E-state index contributed by atoms with van der Waals surface area (Å²) in [5.41, 5.74) is 2.94. The van der Waals surface area contributed by atoms with Crippen molar-refractivity contribution in [3.63, 3.8) is 0 Å². The number of aromatic nitrogens is 2. The molecule has 0 fully saturated rings. The van der Waals surface area contributed by atoms with Crippen molar-refractivity contribution in [2.45, 2.75) is 13.5 Å². The van der Waals surface area contributed by atoms with Crippen LogP contribution < -0.4 is 4.90 Å². The predicted molar refractivity (Wildman–Crippen MR) is 110 cm³/mol. The highest BCUT2D eigenvalue weighted by Gasteiger charge is 2.37. The molecule has 0 unspecified atom stereocenters. The van der Waals surface area contributed by atoms with E-state index in [1.807, 2.05) is 34.9 Å². The molecule has 0 aliphatic carbocycles. The Bertz CT molecular complexity index is 1120. The molecule has 0 saturated carbocycles. The molecular weight excluding hydrogens is 397 g/mol. The van der Waals surface area contributed by atoms with Crippen molar-refractivity contribution >= 4 is 51.3 Å². The minimum absolute atomic E-state index is 0.241. The van der Waals surface area contributed by atoms with Crippen LogP contribution in [0.25, 0.3) is 10.6 Å². The Morgan fingerprint density at radius 1 is 1.14 bits per heavy atom. The number of imide groups is 1. The Balaban J connectivity index is 1.83. The number of carbonyl (C=O) groups excluding carboxylic acids is 2. The molecule has 1 aromatic heterocycles. The summed E-state index contributed by atoms with van der Waals surface area (Å²) in [4.78, 5) is 30.4. The maximum absolute atomic E-state index is 13.0. The third-order valence-electron chi connectivity index (χ3n) is 4.55. The van der Waals surface area contributed by atoms with Crippen molar-refractivity contribution in [2.24, 2.45) is 0 Å². The van der Waals surface area contributed by atoms with Crippen LogP contribution in [0.2, 0.25) is 5.02 Å². The number of halogens is 2. The van der Waals surface area contributed by atoms with Crippen LogP contribution in [0.1, 0.15) is 23.7 Å². The first-order valence-corrected chi connectivity index (χ1v) is 9.32. The number of rotatable bonds is 3. The van der Waals surface area contributed by atoms with Gasteiger partial charge in [-0.25, -0.2) is 9.88 Å². The van der Waals surface area contributed by atoms with Gasteiger partial charge in [-0.05, 0) is 17.7 Å². The molecule has 0 spiro atoms. The van der Waals surface area contributed by atoms with Crippen LogP contribution in [0.5, 0.6) is 0 Å². The molecule has 3 aromatic rings. The van der Waals surface area contributed by atoms with Gasteiger partial charge in [-0.3, -0.25) is 9.59 Å². The van der Waals surface area contributed by atoms with Crippen molar-refractivity contribution in [1.82, 2.24) is 9.55 Å². The molecule has 0 bridgehead atoms. The Labute approximate surface area is 171 Å². The first-order valence-electron chi connectivity index (χ1n) is 8.56. The van der Waals surface area contributed by atoms with E-state index in [2.05, 4.69) is 4.98 Å². The number of imidazole rings is 1. The van der Waals surface area contributed by atoms with Gasteiger partial charge in [0.05, 0.1) is 34.5 Å². The first-order chi connectivity index (χ1) is 13.5. The van der Waals surface area contributed by atoms with Gasteiger partial charge in [0.15, 0.2) is 0 Å². The van der Waals surface area contributed by atoms with Gasteiger partial charge in [0.1, 0.15) is 0 Å². The molecule has 0 saturated heterocycles. The van der Waals surface area contributed by atoms with Crippen LogP contribution in [0, 0.1) is 0 Å². The van der Waals surface area contributed by atoms with Crippen molar-refractivity contribution in [3.8, 4) is 0 Å². The van der Waals surface area contributed by atoms with Gasteiger partial charge >= 0.3 is 0 Å². The van der Waals surface area contributed by atoms with Gasteiger partial charge in [0.25, 0.3) is 5.91 Å². The molecule has 4 rings (SSSR count). The summed E-state index contributed by atoms with van der Waals surface area (Å²) in [6.45, 7) is 1.89. The fourth-order valence-electron chi connectivity index (χ4n) is 3.30. The lowest BCUT2D eigenvalue weighted by atomic mass is 10.1. The Morgan fingerprint density at radius 2 is 1.89 bits per heavy atom. The minimum Gasteiger partial charge on any atom is -0.325 e. The number of benzene rings is 2. The van der Waals surface area contributed by atoms with Crippen LogP contribution in [-0.4, -0.2) is 21.4 Å². The lowest BCUT2D eigenvalue weighted by Gasteiger charge is -2.12. The van der Waals surface area contributed by atoms with Crippen molar-refractivity contribution in [1.29, 1.82) is 0 Å². The largest absolute Gasteiger partial charge is 0.325 e. The number of anilines is 1. The van der Waals surface area contributed by atoms with Crippen molar-refractivity contribution in [3.05, 3.63) is 82.9 Å². The highest BCUT2D eigenvalue weighted by molar-refractivity contribution is 6.60. The van der Waals surface area contributed by atoms with Crippen LogP contribution in [0.15, 0.2) is 61.1 Å². The molecule has 2 heterocycles. The summed E-state index contributed by atoms with van der Waals surface area (Å²) in [5, 5.41) is 0.676. The summed E-state index contributed by atoms with van der Waals surface area (Å²) in [5.74, 6) is -0.868. The molecule has 5 nitrogen and oxygen atoms in total. The van der Waals surface area contributed by atoms with E-state index >= 15 is 0 Å². The van der Waals surface area contributed by atoms with E-state index in [9.17, 15) is 9.59 Å². The smallest absolute Gasteiger partial charge is 0.267 e. The quantitative estimate of drug-likeness (QED) is 0.592. The molecule has 7 heteroatoms. The van der Waals surface area contributed by atoms with E-state index in [4.69, 9.17) is 23.2 Å². The minimum atomic E-state index is -0.470. The number of nitrogens with zero attached hydrogens (tertiary/aromatic N) is 3. The lowest BCUT2D eigenvalue weighted by molar-refractivity contribution is -0.122. The summed E-state index contributed by atoms with van der Waals surface area (Å²) >= 11 is 12.8. The average molecular weight is 412 g/mol. The third-order valence-corrected chi connectivity index (χ3v) is 5.17. The molecule has 2 amide bonds. The molecule has 0 N–H and O–H groups in total. The van der Waals surface area contributed by atoms with Crippen LogP contribution in [0.3, 0.4) is 0 Å². The fourth-order valence-corrected chi connectivity index (χ4v) is 3.81. The van der Waals surface area contributed by atoms with E-state index in [-0.39, 0.29) is 10.6 Å². The topological polar surface area (TPSA) is 55.2 Å². The van der Waals surface area contributed by atoms with E-state index < -0.39 is 11.8 Å². The molecular formula is C21H15Cl2N3O2. The fraction of sp³-hybridized carbons (Fsp3) is 0.0952. The van der Waals surface area contributed by atoms with E-state index in [1.165, 1.54) is 6.92 Å². The molecule has 140 valence electrons. The number of hydrogen-bond acceptors (Lipinski definition) is 3. The van der Waals surface area contributed by atoms with Gasteiger partial charge in [-0.2, -0.15) is 0 Å². The average Bonchev–Trinajstić information content (AvgIpc) is 3.23. The predicted octanol–water partition coefficient (Wildman–Crippen LogP) is 4.59. The maximum atomic E-state index is 13.0. The third kappa shape index (κ3) is 3.13. The lowest BCUT2D eigenvalue weighted by Crippen LogP contribution is -2.31. The molecule has 2 aromatic carbocycles. The van der Waals surface area contributed by atoms with Crippen LogP contribution in [0.4, 0.5) is 5.69 Å². The summed E-state index contributed by atoms with van der Waals surface area (Å²) in [7, 11) is 0. The number of carbonyl (C=O) groups is 2. The van der Waals surface area contributed by atoms with Gasteiger partial charge < -0.3 is 4.57 Å². The second-order valence-electron chi connectivity index (χ2n) is 6.40. The standard InChI is InChI=1S/C21H15Cl2N3O2/c1-13(27)26-17-9-15(22)7-8-16(17)19(21(26)28)20(23)18-10-24-12-25(18)11-14-5-3-2-4-6-14/h2-10,12H,11H2,1H3/b20-19+. The van der Waals surface area contributed by atoms with Crippen molar-refractivity contribution < 1.29 is 9.59 Å². The highest BCUT2D eigenvalue weighted by Crippen LogP contribution is 2.43. The van der Waals surface area contributed by atoms with Gasteiger partial charge in [-0.1, -0.05) is 59.6 Å². The number of amides is 2. The molecule has 0 atom stereocenters. The van der Waals surface area contributed by atoms with Gasteiger partial charge in [-0.15, -0.1) is 0 Å². The van der Waals surface area contributed by atoms with E-state index in [1.54, 1.807) is 30.7 Å². The molecule has 1 aliphatic rings. The first kappa shape index (κ1) is 18.5. The Kier molecular flexibility index (Phi) is 4.79. The van der Waals surface area contributed by atoms with Crippen LogP contribution >= 0.6 is 23.2 Å².